The molecule has 0 amide bonds. The van der Waals surface area contributed by atoms with Crippen LogP contribution in [-0.4, -0.2) is 36.2 Å². The second-order valence-corrected chi connectivity index (χ2v) is 13.4. The summed E-state index contributed by atoms with van der Waals surface area (Å²) in [7, 11) is 1.88. The number of carbonyl (C=O) groups is 1. The molecule has 0 aromatic heterocycles. The van der Waals surface area contributed by atoms with E-state index in [-0.39, 0.29) is 28.9 Å². The van der Waals surface area contributed by atoms with Crippen molar-refractivity contribution in [3.8, 4) is 0 Å². The van der Waals surface area contributed by atoms with Crippen LogP contribution in [0, 0.1) is 16.7 Å². The second-order valence-electron chi connectivity index (χ2n) is 13.4. The lowest BCUT2D eigenvalue weighted by molar-refractivity contribution is -0.157. The fourth-order valence-corrected chi connectivity index (χ4v) is 7.57. The fourth-order valence-electron chi connectivity index (χ4n) is 7.57. The third-order valence-electron chi connectivity index (χ3n) is 9.74. The number of carbonyl (C=O) groups excluding carboxylic acids is 1. The van der Waals surface area contributed by atoms with Gasteiger partial charge in [-0.05, 0) is 79.3 Å². The fraction of sp³-hybridized carbons (Fsp3) is 0.514. The molecule has 0 heterocycles. The van der Waals surface area contributed by atoms with Crippen molar-refractivity contribution in [3.05, 3.63) is 83.9 Å². The Balaban J connectivity index is 1.59. The number of methoxy groups -OCH3 is 1. The van der Waals surface area contributed by atoms with Gasteiger partial charge >= 0.3 is 5.97 Å². The molecule has 0 saturated heterocycles. The van der Waals surface area contributed by atoms with E-state index in [9.17, 15) is 4.79 Å². The summed E-state index contributed by atoms with van der Waals surface area (Å²) in [6.07, 6.45) is 4.06. The van der Waals surface area contributed by atoms with Crippen LogP contribution in [0.5, 0.6) is 0 Å². The number of ether oxygens (including phenoxy) is 2. The van der Waals surface area contributed by atoms with E-state index in [4.69, 9.17) is 9.47 Å². The van der Waals surface area contributed by atoms with Crippen molar-refractivity contribution in [2.75, 3.05) is 13.7 Å². The van der Waals surface area contributed by atoms with Crippen LogP contribution in [0.4, 0.5) is 0 Å². The van der Waals surface area contributed by atoms with E-state index in [0.717, 1.165) is 31.5 Å². The average Bonchev–Trinajstić information content (AvgIpc) is 3.26. The molecule has 3 aromatic rings. The van der Waals surface area contributed by atoms with E-state index in [0.29, 0.717) is 12.3 Å². The van der Waals surface area contributed by atoms with Gasteiger partial charge in [0.05, 0.1) is 12.5 Å². The molecule has 0 radical (unpaired) electrons. The van der Waals surface area contributed by atoms with E-state index in [1.165, 1.54) is 22.8 Å². The van der Waals surface area contributed by atoms with Gasteiger partial charge in [0.2, 0.25) is 0 Å². The van der Waals surface area contributed by atoms with E-state index >= 15 is 0 Å². The molecule has 4 nitrogen and oxygen atoms in total. The lowest BCUT2D eigenvalue weighted by atomic mass is 9.67. The highest BCUT2D eigenvalue weighted by atomic mass is 16.6. The average molecular weight is 528 g/mol. The predicted molar refractivity (Wildman–Crippen MR) is 158 cm³/mol. The monoisotopic (exact) mass is 527 g/mol. The highest BCUT2D eigenvalue weighted by molar-refractivity contribution is 5.83. The molecule has 4 heteroatoms. The maximum absolute atomic E-state index is 13.4. The van der Waals surface area contributed by atoms with Crippen LogP contribution in [0.2, 0.25) is 0 Å². The Morgan fingerprint density at radius 3 is 2.36 bits per heavy atom. The van der Waals surface area contributed by atoms with Crippen molar-refractivity contribution in [1.29, 1.82) is 0 Å². The van der Waals surface area contributed by atoms with E-state index < -0.39 is 5.60 Å². The summed E-state index contributed by atoms with van der Waals surface area (Å²) >= 11 is 0. The summed E-state index contributed by atoms with van der Waals surface area (Å²) < 4.78 is 12.1. The minimum atomic E-state index is -0.527. The van der Waals surface area contributed by atoms with Gasteiger partial charge in [-0.15, -0.1) is 0 Å². The minimum Gasteiger partial charge on any atom is -0.460 e. The number of fused-ring (bicyclic) bond motifs is 3. The third-order valence-corrected chi connectivity index (χ3v) is 9.74. The maximum Gasteiger partial charge on any atom is 0.308 e. The van der Waals surface area contributed by atoms with Crippen LogP contribution in [0.1, 0.15) is 77.5 Å². The van der Waals surface area contributed by atoms with Gasteiger partial charge in [-0.3, -0.25) is 9.69 Å². The zero-order valence-corrected chi connectivity index (χ0v) is 24.6. The van der Waals surface area contributed by atoms with Crippen LogP contribution < -0.4 is 0 Å². The first kappa shape index (κ1) is 27.9. The number of benzene rings is 3. The summed E-state index contributed by atoms with van der Waals surface area (Å²) in [6, 6.07) is 25.7. The van der Waals surface area contributed by atoms with Gasteiger partial charge in [0.15, 0.2) is 0 Å². The second kappa shape index (κ2) is 10.7. The Morgan fingerprint density at radius 2 is 1.69 bits per heavy atom. The van der Waals surface area contributed by atoms with Crippen molar-refractivity contribution < 1.29 is 14.3 Å². The van der Waals surface area contributed by atoms with Crippen LogP contribution >= 0.6 is 0 Å². The van der Waals surface area contributed by atoms with Crippen LogP contribution in [0.3, 0.4) is 0 Å². The molecule has 2 aliphatic rings. The molecule has 208 valence electrons. The molecule has 5 rings (SSSR count). The van der Waals surface area contributed by atoms with Gasteiger partial charge in [0.25, 0.3) is 0 Å². The van der Waals surface area contributed by atoms with Crippen molar-refractivity contribution in [2.45, 2.75) is 84.6 Å². The van der Waals surface area contributed by atoms with Gasteiger partial charge in [-0.2, -0.15) is 0 Å². The van der Waals surface area contributed by atoms with Crippen molar-refractivity contribution >= 4 is 16.7 Å². The van der Waals surface area contributed by atoms with E-state index in [2.05, 4.69) is 91.5 Å². The van der Waals surface area contributed by atoms with Crippen molar-refractivity contribution in [1.82, 2.24) is 4.90 Å². The summed E-state index contributed by atoms with van der Waals surface area (Å²) in [4.78, 5) is 16.0. The molecule has 0 spiro atoms. The van der Waals surface area contributed by atoms with Crippen LogP contribution in [0.15, 0.2) is 72.8 Å². The first-order valence-corrected chi connectivity index (χ1v) is 14.5. The Bertz CT molecular complexity index is 1290. The molecular weight excluding hydrogens is 482 g/mol. The molecule has 4 atom stereocenters. The van der Waals surface area contributed by atoms with Gasteiger partial charge in [-0.1, -0.05) is 80.6 Å². The van der Waals surface area contributed by atoms with Gasteiger partial charge in [0, 0.05) is 31.7 Å². The molecule has 2 bridgehead atoms. The Hall–Kier alpha value is -2.69. The largest absolute Gasteiger partial charge is 0.460 e. The Labute approximate surface area is 234 Å². The summed E-state index contributed by atoms with van der Waals surface area (Å²) in [5, 5.41) is 2.40. The molecule has 39 heavy (non-hydrogen) atoms. The molecule has 0 N–H and O–H groups in total. The minimum absolute atomic E-state index is 0.0320. The van der Waals surface area contributed by atoms with E-state index in [1.54, 1.807) is 0 Å². The normalized spacial score (nSPS) is 24.8. The molecule has 2 aliphatic carbocycles. The molecule has 2 fully saturated rings. The molecule has 0 unspecified atom stereocenters. The first-order valence-electron chi connectivity index (χ1n) is 14.5. The smallest absolute Gasteiger partial charge is 0.308 e. The molecule has 0 aliphatic heterocycles. The Kier molecular flexibility index (Phi) is 7.65. The maximum atomic E-state index is 13.4. The highest BCUT2D eigenvalue weighted by Gasteiger charge is 2.64. The standard InChI is InChI=1S/C35H45NO3/c1-33(2,3)39-32(37)22-30(28-17-16-26-14-10-11-15-27(26)20-28)36(23-25-12-8-7-9-13-25)24-35-19-18-29(34(35,4)5)21-31(35)38-6/h7-17,20,29-31H,18-19,21-24H2,1-6H3/t29-,30+,31-,35-/m1/s1. The SMILES string of the molecule is CO[C@@H]1C[C@H]2CC[C@]1(CN(Cc1ccccc1)[C@@H](CC(=O)OC(C)(C)C)c1ccc3ccccc3c1)C2(C)C. The number of hydrogen-bond acceptors (Lipinski definition) is 4. The van der Waals surface area contributed by atoms with Crippen LogP contribution in [0.25, 0.3) is 10.8 Å². The number of rotatable bonds is 9. The van der Waals surface area contributed by atoms with Crippen molar-refractivity contribution in [2.24, 2.45) is 16.7 Å². The highest BCUT2D eigenvalue weighted by Crippen LogP contribution is 2.67. The number of hydrogen-bond donors (Lipinski definition) is 0. The lowest BCUT2D eigenvalue weighted by Gasteiger charge is -2.47. The van der Waals surface area contributed by atoms with Crippen molar-refractivity contribution in [3.63, 3.8) is 0 Å². The van der Waals surface area contributed by atoms with Gasteiger partial charge < -0.3 is 9.47 Å². The number of nitrogens with zero attached hydrogens (tertiary/aromatic N) is 1. The summed E-state index contributed by atoms with van der Waals surface area (Å²) in [5.74, 6) is 0.514. The third kappa shape index (κ3) is 5.51. The quantitative estimate of drug-likeness (QED) is 0.265. The first-order chi connectivity index (χ1) is 18.5. The van der Waals surface area contributed by atoms with Crippen LogP contribution in [-0.2, 0) is 20.8 Å². The zero-order chi connectivity index (χ0) is 27.8. The number of esters is 1. The summed E-state index contributed by atoms with van der Waals surface area (Å²) in [6.45, 7) is 12.4. The molecular formula is C35H45NO3. The lowest BCUT2D eigenvalue weighted by Crippen LogP contribution is -2.49. The Morgan fingerprint density at radius 1 is 1.00 bits per heavy atom. The topological polar surface area (TPSA) is 38.8 Å². The molecule has 3 aromatic carbocycles. The van der Waals surface area contributed by atoms with Gasteiger partial charge in [-0.25, -0.2) is 0 Å². The summed E-state index contributed by atoms with van der Waals surface area (Å²) in [5.41, 5.74) is 2.09. The predicted octanol–water partition coefficient (Wildman–Crippen LogP) is 7.96. The van der Waals surface area contributed by atoms with Gasteiger partial charge in [0.1, 0.15) is 5.60 Å². The molecule has 2 saturated carbocycles. The van der Waals surface area contributed by atoms with E-state index in [1.807, 2.05) is 27.9 Å². The zero-order valence-electron chi connectivity index (χ0n) is 24.6.